The van der Waals surface area contributed by atoms with Crippen LogP contribution >= 0.6 is 11.5 Å². The number of nitrogens with zero attached hydrogens (tertiary/aromatic N) is 1. The summed E-state index contributed by atoms with van der Waals surface area (Å²) in [5.41, 5.74) is 1.00. The average Bonchev–Trinajstić information content (AvgIpc) is 2.36. The van der Waals surface area contributed by atoms with Crippen molar-refractivity contribution in [3.63, 3.8) is 0 Å². The molecule has 2 N–H and O–H groups in total. The Bertz CT molecular complexity index is 235. The first-order chi connectivity index (χ1) is 4.88. The second-order valence-corrected chi connectivity index (χ2v) is 3.24. The summed E-state index contributed by atoms with van der Waals surface area (Å²) in [5.74, 6) is 0. The minimum atomic E-state index is -0.345. The fourth-order valence-electron chi connectivity index (χ4n) is 1.11. The number of nitrogens with one attached hydrogen (secondary N) is 1. The van der Waals surface area contributed by atoms with E-state index in [9.17, 15) is 5.11 Å². The molecule has 0 saturated carbocycles. The smallest absolute Gasteiger partial charge is 0.0941 e. The van der Waals surface area contributed by atoms with E-state index in [1.54, 1.807) is 6.20 Å². The third-order valence-electron chi connectivity index (χ3n) is 1.66. The van der Waals surface area contributed by atoms with Crippen LogP contribution in [0.1, 0.15) is 16.5 Å². The van der Waals surface area contributed by atoms with Gasteiger partial charge in [-0.05, 0) is 11.5 Å². The molecule has 1 aromatic rings. The highest BCUT2D eigenvalue weighted by Crippen LogP contribution is 2.23. The van der Waals surface area contributed by atoms with E-state index >= 15 is 0 Å². The summed E-state index contributed by atoms with van der Waals surface area (Å²) in [6.07, 6.45) is 1.41. The monoisotopic (exact) mass is 156 g/mol. The van der Waals surface area contributed by atoms with E-state index < -0.39 is 0 Å². The second kappa shape index (κ2) is 2.30. The molecular formula is C6H8N2OS. The number of fused-ring (bicyclic) bond motifs is 1. The van der Waals surface area contributed by atoms with E-state index in [2.05, 4.69) is 9.69 Å². The van der Waals surface area contributed by atoms with Gasteiger partial charge in [-0.1, -0.05) is 0 Å². The molecule has 0 aliphatic carbocycles. The Balaban J connectivity index is 2.41. The van der Waals surface area contributed by atoms with Crippen LogP contribution in [0.4, 0.5) is 0 Å². The van der Waals surface area contributed by atoms with Gasteiger partial charge in [0.2, 0.25) is 0 Å². The maximum Gasteiger partial charge on any atom is 0.0941 e. The first-order valence-electron chi connectivity index (χ1n) is 3.20. The Hall–Kier alpha value is -0.450. The summed E-state index contributed by atoms with van der Waals surface area (Å²) >= 11 is 1.46. The van der Waals surface area contributed by atoms with Gasteiger partial charge in [0.1, 0.15) is 0 Å². The van der Waals surface area contributed by atoms with Crippen LogP contribution in [0.2, 0.25) is 0 Å². The molecule has 1 unspecified atom stereocenters. The minimum Gasteiger partial charge on any atom is -0.387 e. The molecule has 4 heteroatoms. The molecule has 0 radical (unpaired) electrons. The van der Waals surface area contributed by atoms with Crippen molar-refractivity contribution >= 4 is 11.5 Å². The number of aliphatic hydroxyl groups excluding tert-OH is 1. The fourth-order valence-corrected chi connectivity index (χ4v) is 1.86. The number of aliphatic hydroxyl groups is 1. The Morgan fingerprint density at radius 3 is 3.50 bits per heavy atom. The van der Waals surface area contributed by atoms with Crippen LogP contribution < -0.4 is 5.32 Å². The van der Waals surface area contributed by atoms with Crippen LogP contribution in [0, 0.1) is 0 Å². The van der Waals surface area contributed by atoms with Gasteiger partial charge < -0.3 is 10.4 Å². The summed E-state index contributed by atoms with van der Waals surface area (Å²) in [4.78, 5) is 1.17. The van der Waals surface area contributed by atoms with Crippen molar-refractivity contribution in [2.75, 3.05) is 6.54 Å². The number of rotatable bonds is 0. The van der Waals surface area contributed by atoms with Gasteiger partial charge in [0.05, 0.1) is 6.10 Å². The zero-order valence-corrected chi connectivity index (χ0v) is 6.19. The van der Waals surface area contributed by atoms with Crippen LogP contribution in [0.25, 0.3) is 0 Å². The fraction of sp³-hybridized carbons (Fsp3) is 0.500. The van der Waals surface area contributed by atoms with Crippen molar-refractivity contribution in [2.24, 2.45) is 0 Å². The lowest BCUT2D eigenvalue weighted by atomic mass is 10.1. The summed E-state index contributed by atoms with van der Waals surface area (Å²) < 4.78 is 4.00. The van der Waals surface area contributed by atoms with E-state index in [4.69, 9.17) is 0 Å². The van der Waals surface area contributed by atoms with Crippen LogP contribution in [-0.4, -0.2) is 16.0 Å². The van der Waals surface area contributed by atoms with Crippen molar-refractivity contribution in [3.05, 3.63) is 16.6 Å². The Morgan fingerprint density at radius 1 is 1.80 bits per heavy atom. The molecule has 10 heavy (non-hydrogen) atoms. The van der Waals surface area contributed by atoms with Crippen molar-refractivity contribution in [1.82, 2.24) is 9.69 Å². The summed E-state index contributed by atoms with van der Waals surface area (Å²) in [6.45, 7) is 1.52. The van der Waals surface area contributed by atoms with E-state index in [0.717, 1.165) is 12.1 Å². The molecule has 1 atom stereocenters. The van der Waals surface area contributed by atoms with E-state index in [0.29, 0.717) is 6.54 Å². The number of hydrogen-bond donors (Lipinski definition) is 2. The lowest BCUT2D eigenvalue weighted by Crippen LogP contribution is -2.26. The van der Waals surface area contributed by atoms with Crippen molar-refractivity contribution in [2.45, 2.75) is 12.6 Å². The third kappa shape index (κ3) is 0.847. The van der Waals surface area contributed by atoms with Gasteiger partial charge in [-0.25, -0.2) is 4.37 Å². The van der Waals surface area contributed by atoms with Gasteiger partial charge in [-0.15, -0.1) is 0 Å². The molecule has 54 valence electrons. The zero-order chi connectivity index (χ0) is 6.97. The first kappa shape index (κ1) is 6.27. The Labute approximate surface area is 62.9 Å². The molecule has 2 heterocycles. The SMILES string of the molecule is OC1CNCc2sncc21. The van der Waals surface area contributed by atoms with Gasteiger partial charge >= 0.3 is 0 Å². The van der Waals surface area contributed by atoms with Gasteiger partial charge in [-0.2, -0.15) is 0 Å². The lowest BCUT2D eigenvalue weighted by molar-refractivity contribution is 0.166. The van der Waals surface area contributed by atoms with Crippen LogP contribution in [-0.2, 0) is 6.54 Å². The second-order valence-electron chi connectivity index (χ2n) is 2.35. The van der Waals surface area contributed by atoms with E-state index in [1.807, 2.05) is 0 Å². The first-order valence-corrected chi connectivity index (χ1v) is 3.97. The van der Waals surface area contributed by atoms with Crippen LogP contribution in [0.15, 0.2) is 6.20 Å². The molecule has 1 aromatic heterocycles. The van der Waals surface area contributed by atoms with Crippen LogP contribution in [0.3, 0.4) is 0 Å². The molecule has 0 aromatic carbocycles. The van der Waals surface area contributed by atoms with E-state index in [-0.39, 0.29) is 6.10 Å². The molecule has 2 rings (SSSR count). The Kier molecular flexibility index (Phi) is 1.44. The third-order valence-corrected chi connectivity index (χ3v) is 2.47. The van der Waals surface area contributed by atoms with Gasteiger partial charge in [0.15, 0.2) is 0 Å². The molecule has 1 aliphatic rings. The number of β-amino-alcohol motifs (C(OH)–C–C–N with tert-alkyl or cyclic N) is 1. The molecule has 0 saturated heterocycles. The number of aromatic nitrogens is 1. The lowest BCUT2D eigenvalue weighted by Gasteiger charge is -2.16. The van der Waals surface area contributed by atoms with Crippen molar-refractivity contribution in [1.29, 1.82) is 0 Å². The highest BCUT2D eigenvalue weighted by Gasteiger charge is 2.18. The normalized spacial score (nSPS) is 24.3. The minimum absolute atomic E-state index is 0.345. The highest BCUT2D eigenvalue weighted by atomic mass is 32.1. The summed E-state index contributed by atoms with van der Waals surface area (Å²) in [6, 6.07) is 0. The van der Waals surface area contributed by atoms with Gasteiger partial charge in [0, 0.05) is 29.7 Å². The van der Waals surface area contributed by atoms with Crippen molar-refractivity contribution in [3.8, 4) is 0 Å². The quantitative estimate of drug-likeness (QED) is 0.567. The van der Waals surface area contributed by atoms with Gasteiger partial charge in [0.25, 0.3) is 0 Å². The van der Waals surface area contributed by atoms with Crippen LogP contribution in [0.5, 0.6) is 0 Å². The molecule has 1 aliphatic heterocycles. The molecule has 0 bridgehead atoms. The largest absolute Gasteiger partial charge is 0.387 e. The average molecular weight is 156 g/mol. The summed E-state index contributed by atoms with van der Waals surface area (Å²) in [7, 11) is 0. The number of hydrogen-bond acceptors (Lipinski definition) is 4. The molecule has 0 spiro atoms. The van der Waals surface area contributed by atoms with Crippen molar-refractivity contribution < 1.29 is 5.11 Å². The topological polar surface area (TPSA) is 45.1 Å². The molecular weight excluding hydrogens is 148 g/mol. The maximum atomic E-state index is 9.35. The Morgan fingerprint density at radius 2 is 2.70 bits per heavy atom. The molecule has 3 nitrogen and oxygen atoms in total. The zero-order valence-electron chi connectivity index (χ0n) is 5.37. The van der Waals surface area contributed by atoms with E-state index in [1.165, 1.54) is 16.4 Å². The predicted molar refractivity (Wildman–Crippen MR) is 38.8 cm³/mol. The summed E-state index contributed by atoms with van der Waals surface area (Å²) in [5, 5.41) is 12.5. The van der Waals surface area contributed by atoms with Gasteiger partial charge in [-0.3, -0.25) is 0 Å². The standard InChI is InChI=1S/C6H8N2OS/c9-5-2-7-3-6-4(5)1-8-10-6/h1,5,7,9H,2-3H2. The molecule has 0 amide bonds. The predicted octanol–water partition coefficient (Wildman–Crippen LogP) is 0.280. The molecule has 0 fully saturated rings. The highest BCUT2D eigenvalue weighted by molar-refractivity contribution is 7.05. The maximum absolute atomic E-state index is 9.35.